The van der Waals surface area contributed by atoms with Crippen LogP contribution in [0.15, 0.2) is 4.34 Å². The molecule has 0 bridgehead atoms. The van der Waals surface area contributed by atoms with E-state index in [4.69, 9.17) is 11.6 Å². The number of thioether (sulfide) groups is 1. The van der Waals surface area contributed by atoms with Gasteiger partial charge in [0, 0.05) is 7.05 Å². The highest BCUT2D eigenvalue weighted by atomic mass is 35.5. The SMILES string of the molecule is CNc1nc(Cl)nc2nc(SC)sc12. The molecule has 0 unspecified atom stereocenters. The van der Waals surface area contributed by atoms with Crippen molar-refractivity contribution in [1.82, 2.24) is 15.0 Å². The van der Waals surface area contributed by atoms with Gasteiger partial charge in [0.05, 0.1) is 0 Å². The summed E-state index contributed by atoms with van der Waals surface area (Å²) in [6, 6.07) is 0. The fourth-order valence-electron chi connectivity index (χ4n) is 1.04. The van der Waals surface area contributed by atoms with Crippen molar-refractivity contribution in [2.75, 3.05) is 18.6 Å². The average Bonchev–Trinajstić information content (AvgIpc) is 2.59. The second-order valence-corrected chi connectivity index (χ2v) is 4.82. The van der Waals surface area contributed by atoms with Gasteiger partial charge in [0.25, 0.3) is 0 Å². The van der Waals surface area contributed by atoms with Crippen LogP contribution in [0, 0.1) is 0 Å². The molecule has 2 rings (SSSR count). The maximum Gasteiger partial charge on any atom is 0.226 e. The van der Waals surface area contributed by atoms with Gasteiger partial charge in [0.1, 0.15) is 4.70 Å². The van der Waals surface area contributed by atoms with Crippen molar-refractivity contribution in [2.24, 2.45) is 0 Å². The summed E-state index contributed by atoms with van der Waals surface area (Å²) in [4.78, 5) is 12.4. The maximum absolute atomic E-state index is 5.75. The predicted octanol–water partition coefficient (Wildman–Crippen LogP) is 2.50. The molecule has 0 aromatic carbocycles. The lowest BCUT2D eigenvalue weighted by Gasteiger charge is -1.98. The molecule has 2 heterocycles. The van der Waals surface area contributed by atoms with Crippen LogP contribution in [-0.4, -0.2) is 28.3 Å². The third kappa shape index (κ3) is 1.65. The van der Waals surface area contributed by atoms with Crippen molar-refractivity contribution in [1.29, 1.82) is 0 Å². The van der Waals surface area contributed by atoms with Gasteiger partial charge < -0.3 is 5.32 Å². The Morgan fingerprint density at radius 1 is 1.36 bits per heavy atom. The van der Waals surface area contributed by atoms with Gasteiger partial charge in [-0.15, -0.1) is 11.3 Å². The molecule has 0 fully saturated rings. The van der Waals surface area contributed by atoms with Gasteiger partial charge in [0.15, 0.2) is 15.8 Å². The second-order valence-electron chi connectivity index (χ2n) is 2.43. The fourth-order valence-corrected chi connectivity index (χ4v) is 2.69. The van der Waals surface area contributed by atoms with E-state index in [1.165, 1.54) is 0 Å². The summed E-state index contributed by atoms with van der Waals surface area (Å²) in [6.45, 7) is 0. The van der Waals surface area contributed by atoms with Crippen LogP contribution in [0.5, 0.6) is 0 Å². The summed E-state index contributed by atoms with van der Waals surface area (Å²) in [5.74, 6) is 0.734. The van der Waals surface area contributed by atoms with E-state index in [2.05, 4.69) is 20.3 Å². The van der Waals surface area contributed by atoms with Gasteiger partial charge in [-0.1, -0.05) is 11.8 Å². The summed E-state index contributed by atoms with van der Waals surface area (Å²) in [6.07, 6.45) is 1.98. The molecule has 0 saturated heterocycles. The topological polar surface area (TPSA) is 50.7 Å². The number of hydrogen-bond donors (Lipinski definition) is 1. The van der Waals surface area contributed by atoms with E-state index >= 15 is 0 Å². The zero-order valence-electron chi connectivity index (χ0n) is 7.54. The van der Waals surface area contributed by atoms with Gasteiger partial charge >= 0.3 is 0 Å². The minimum atomic E-state index is 0.222. The van der Waals surface area contributed by atoms with Gasteiger partial charge in [-0.2, -0.15) is 9.97 Å². The van der Waals surface area contributed by atoms with Crippen LogP contribution in [0.2, 0.25) is 5.28 Å². The standard InChI is InChI=1S/C7H7ClN4S2/c1-9-4-3-5(11-6(8)10-4)12-7(13-2)14-3/h1-2H3,(H,9,10,11). The summed E-state index contributed by atoms with van der Waals surface area (Å²) in [7, 11) is 1.80. The van der Waals surface area contributed by atoms with Gasteiger partial charge in [-0.05, 0) is 17.9 Å². The number of nitrogens with zero attached hydrogens (tertiary/aromatic N) is 3. The zero-order valence-corrected chi connectivity index (χ0v) is 9.93. The van der Waals surface area contributed by atoms with Crippen molar-refractivity contribution < 1.29 is 0 Å². The van der Waals surface area contributed by atoms with Crippen LogP contribution < -0.4 is 5.32 Å². The van der Waals surface area contributed by atoms with Crippen molar-refractivity contribution in [3.8, 4) is 0 Å². The van der Waals surface area contributed by atoms with E-state index in [1.54, 1.807) is 30.1 Å². The second kappa shape index (κ2) is 3.88. The predicted molar refractivity (Wildman–Crippen MR) is 61.5 cm³/mol. The van der Waals surface area contributed by atoms with E-state index in [0.29, 0.717) is 5.65 Å². The largest absolute Gasteiger partial charge is 0.372 e. The summed E-state index contributed by atoms with van der Waals surface area (Å²) >= 11 is 8.90. The Bertz CT molecular complexity index is 470. The highest BCUT2D eigenvalue weighted by Crippen LogP contribution is 2.31. The van der Waals surface area contributed by atoms with Crippen LogP contribution in [0.1, 0.15) is 0 Å². The minimum absolute atomic E-state index is 0.222. The molecule has 0 atom stereocenters. The number of aromatic nitrogens is 3. The molecule has 0 saturated carbocycles. The van der Waals surface area contributed by atoms with Crippen molar-refractivity contribution in [3.05, 3.63) is 5.28 Å². The molecule has 0 amide bonds. The first-order chi connectivity index (χ1) is 6.74. The molecule has 4 nitrogen and oxygen atoms in total. The Morgan fingerprint density at radius 3 is 2.79 bits per heavy atom. The molecule has 74 valence electrons. The smallest absolute Gasteiger partial charge is 0.226 e. The first kappa shape index (κ1) is 9.95. The van der Waals surface area contributed by atoms with Crippen molar-refractivity contribution in [3.63, 3.8) is 0 Å². The molecule has 14 heavy (non-hydrogen) atoms. The molecular weight excluding hydrogens is 240 g/mol. The quantitative estimate of drug-likeness (QED) is 0.652. The number of thiazole rings is 1. The molecule has 7 heteroatoms. The lowest BCUT2D eigenvalue weighted by Crippen LogP contribution is -1.94. The van der Waals surface area contributed by atoms with E-state index in [0.717, 1.165) is 14.9 Å². The molecule has 0 aliphatic rings. The fraction of sp³-hybridized carbons (Fsp3) is 0.286. The normalized spacial score (nSPS) is 10.8. The number of rotatable bonds is 2. The average molecular weight is 247 g/mol. The van der Waals surface area contributed by atoms with E-state index in [9.17, 15) is 0 Å². The van der Waals surface area contributed by atoms with Crippen LogP contribution in [0.3, 0.4) is 0 Å². The Morgan fingerprint density at radius 2 is 2.14 bits per heavy atom. The Hall–Kier alpha value is -0.590. The van der Waals surface area contributed by atoms with Crippen molar-refractivity contribution in [2.45, 2.75) is 4.34 Å². The zero-order chi connectivity index (χ0) is 10.1. The minimum Gasteiger partial charge on any atom is -0.372 e. The van der Waals surface area contributed by atoms with E-state index in [-0.39, 0.29) is 5.28 Å². The Kier molecular flexibility index (Phi) is 2.76. The third-order valence-electron chi connectivity index (χ3n) is 1.62. The van der Waals surface area contributed by atoms with Crippen LogP contribution in [0.4, 0.5) is 5.82 Å². The molecule has 0 radical (unpaired) electrons. The van der Waals surface area contributed by atoms with E-state index < -0.39 is 0 Å². The highest BCUT2D eigenvalue weighted by Gasteiger charge is 2.10. The number of fused-ring (bicyclic) bond motifs is 1. The van der Waals surface area contributed by atoms with Crippen LogP contribution >= 0.6 is 34.7 Å². The molecule has 0 spiro atoms. The highest BCUT2D eigenvalue weighted by molar-refractivity contribution is 8.00. The monoisotopic (exact) mass is 246 g/mol. The lowest BCUT2D eigenvalue weighted by molar-refractivity contribution is 1.17. The Balaban J connectivity index is 2.71. The molecule has 2 aromatic heterocycles. The lowest BCUT2D eigenvalue weighted by atomic mass is 10.5. The molecule has 2 aromatic rings. The van der Waals surface area contributed by atoms with Crippen LogP contribution in [0.25, 0.3) is 10.3 Å². The van der Waals surface area contributed by atoms with Crippen LogP contribution in [-0.2, 0) is 0 Å². The van der Waals surface area contributed by atoms with Crippen molar-refractivity contribution >= 4 is 50.9 Å². The van der Waals surface area contributed by atoms with E-state index in [1.807, 2.05) is 6.26 Å². The number of halogens is 1. The summed E-state index contributed by atoms with van der Waals surface area (Å²) in [5, 5.41) is 3.20. The first-order valence-electron chi connectivity index (χ1n) is 3.80. The number of nitrogens with one attached hydrogen (secondary N) is 1. The van der Waals surface area contributed by atoms with Gasteiger partial charge in [-0.25, -0.2) is 4.98 Å². The van der Waals surface area contributed by atoms with Gasteiger partial charge in [0.2, 0.25) is 5.28 Å². The maximum atomic E-state index is 5.75. The molecule has 1 N–H and O–H groups in total. The first-order valence-corrected chi connectivity index (χ1v) is 6.22. The van der Waals surface area contributed by atoms with Gasteiger partial charge in [-0.3, -0.25) is 0 Å². The number of hydrogen-bond acceptors (Lipinski definition) is 6. The molecule has 0 aliphatic heterocycles. The molecule has 0 aliphatic carbocycles. The summed E-state index contributed by atoms with van der Waals surface area (Å²) in [5.41, 5.74) is 0.656. The summed E-state index contributed by atoms with van der Waals surface area (Å²) < 4.78 is 1.91. The number of anilines is 1. The molecular formula is C7H7ClN4S2. The Labute approximate surface area is 94.1 Å². The third-order valence-corrected chi connectivity index (χ3v) is 3.82.